The Hall–Kier alpha value is -1.92. The molecule has 1 fully saturated rings. The zero-order valence-corrected chi connectivity index (χ0v) is 12.9. The van der Waals surface area contributed by atoms with Crippen molar-refractivity contribution in [3.05, 3.63) is 35.4 Å². The first-order chi connectivity index (χ1) is 11.1. The maximum atomic E-state index is 12.4. The van der Waals surface area contributed by atoms with E-state index in [1.165, 1.54) is 4.90 Å². The summed E-state index contributed by atoms with van der Waals surface area (Å²) in [6.45, 7) is 1.33. The zero-order valence-electron chi connectivity index (χ0n) is 12.9. The first-order valence-corrected chi connectivity index (χ1v) is 7.93. The average Bonchev–Trinajstić information content (AvgIpc) is 3.06. The van der Waals surface area contributed by atoms with E-state index in [0.29, 0.717) is 19.6 Å². The second-order valence-electron chi connectivity index (χ2n) is 6.00. The van der Waals surface area contributed by atoms with Gasteiger partial charge in [0.05, 0.1) is 12.7 Å². The van der Waals surface area contributed by atoms with Crippen LogP contribution in [0.25, 0.3) is 0 Å². The van der Waals surface area contributed by atoms with Crippen LogP contribution >= 0.6 is 0 Å². The van der Waals surface area contributed by atoms with Crippen molar-refractivity contribution in [1.29, 1.82) is 0 Å². The molecule has 124 valence electrons. The van der Waals surface area contributed by atoms with Crippen LogP contribution < -0.4 is 0 Å². The minimum absolute atomic E-state index is 0.0557. The van der Waals surface area contributed by atoms with E-state index in [2.05, 4.69) is 0 Å². The normalized spacial score (nSPS) is 23.6. The number of carboxylic acid groups (broad SMARTS) is 1. The number of carboxylic acids is 1. The van der Waals surface area contributed by atoms with Gasteiger partial charge in [0.1, 0.15) is 12.6 Å². The largest absolute Gasteiger partial charge is 0.480 e. The number of hydrogen-bond acceptors (Lipinski definition) is 4. The minimum Gasteiger partial charge on any atom is -0.480 e. The SMILES string of the molecule is O=C(O)[C@@H]1Cc2ccccc2CN1C(=O)COC[C@H]1CCCO1. The van der Waals surface area contributed by atoms with Gasteiger partial charge in [-0.25, -0.2) is 4.79 Å². The second kappa shape index (κ2) is 7.10. The Bertz CT molecular complexity index is 582. The van der Waals surface area contributed by atoms with Gasteiger partial charge in [-0.1, -0.05) is 24.3 Å². The first kappa shape index (κ1) is 16.0. The zero-order chi connectivity index (χ0) is 16.2. The second-order valence-corrected chi connectivity index (χ2v) is 6.00. The van der Waals surface area contributed by atoms with Gasteiger partial charge in [0.2, 0.25) is 5.91 Å². The van der Waals surface area contributed by atoms with Crippen LogP contribution in [0.2, 0.25) is 0 Å². The van der Waals surface area contributed by atoms with Crippen molar-refractivity contribution >= 4 is 11.9 Å². The fraction of sp³-hybridized carbons (Fsp3) is 0.529. The summed E-state index contributed by atoms with van der Waals surface area (Å²) in [5.41, 5.74) is 1.99. The lowest BCUT2D eigenvalue weighted by Gasteiger charge is -2.34. The van der Waals surface area contributed by atoms with E-state index in [1.54, 1.807) is 0 Å². The lowest BCUT2D eigenvalue weighted by Crippen LogP contribution is -2.50. The summed E-state index contributed by atoms with van der Waals surface area (Å²) in [7, 11) is 0. The molecule has 23 heavy (non-hydrogen) atoms. The van der Waals surface area contributed by atoms with Crippen LogP contribution in [0.5, 0.6) is 0 Å². The molecule has 1 aromatic rings. The number of ether oxygens (including phenoxy) is 2. The maximum Gasteiger partial charge on any atom is 0.326 e. The van der Waals surface area contributed by atoms with Crippen LogP contribution in [0.4, 0.5) is 0 Å². The highest BCUT2D eigenvalue weighted by Crippen LogP contribution is 2.23. The van der Waals surface area contributed by atoms with Gasteiger partial charge in [-0.2, -0.15) is 0 Å². The number of nitrogens with zero attached hydrogens (tertiary/aromatic N) is 1. The molecule has 1 aromatic carbocycles. The standard InChI is InChI=1S/C17H21NO5/c19-16(11-22-10-14-6-3-7-23-14)18-9-13-5-2-1-4-12(13)8-15(18)17(20)21/h1-2,4-5,14-15H,3,6-11H2,(H,20,21)/t14-,15+/m1/s1. The van der Waals surface area contributed by atoms with Crippen LogP contribution in [-0.4, -0.2) is 53.8 Å². The van der Waals surface area contributed by atoms with Gasteiger partial charge in [-0.15, -0.1) is 0 Å². The predicted octanol–water partition coefficient (Wildman–Crippen LogP) is 1.22. The molecule has 3 rings (SSSR count). The third-order valence-electron chi connectivity index (χ3n) is 4.41. The molecule has 2 heterocycles. The van der Waals surface area contributed by atoms with Crippen molar-refractivity contribution < 1.29 is 24.2 Å². The molecule has 0 spiro atoms. The Balaban J connectivity index is 1.61. The highest BCUT2D eigenvalue weighted by atomic mass is 16.5. The van der Waals surface area contributed by atoms with Crippen LogP contribution in [0.15, 0.2) is 24.3 Å². The Morgan fingerprint density at radius 1 is 1.30 bits per heavy atom. The first-order valence-electron chi connectivity index (χ1n) is 7.93. The van der Waals surface area contributed by atoms with E-state index < -0.39 is 12.0 Å². The summed E-state index contributed by atoms with van der Waals surface area (Å²) < 4.78 is 10.9. The number of carbonyl (C=O) groups excluding carboxylic acids is 1. The van der Waals surface area contributed by atoms with E-state index in [9.17, 15) is 14.7 Å². The van der Waals surface area contributed by atoms with Crippen molar-refractivity contribution in [2.24, 2.45) is 0 Å². The molecule has 6 heteroatoms. The van der Waals surface area contributed by atoms with Gasteiger partial charge < -0.3 is 19.5 Å². The summed E-state index contributed by atoms with van der Waals surface area (Å²) in [4.78, 5) is 25.3. The smallest absolute Gasteiger partial charge is 0.326 e. The van der Waals surface area contributed by atoms with Crippen LogP contribution in [0, 0.1) is 0 Å². The molecule has 2 aliphatic rings. The van der Waals surface area contributed by atoms with Crippen molar-refractivity contribution in [1.82, 2.24) is 4.90 Å². The Morgan fingerprint density at radius 3 is 2.78 bits per heavy atom. The Labute approximate surface area is 135 Å². The van der Waals surface area contributed by atoms with E-state index in [0.717, 1.165) is 30.6 Å². The van der Waals surface area contributed by atoms with Crippen molar-refractivity contribution in [3.8, 4) is 0 Å². The van der Waals surface area contributed by atoms with Gasteiger partial charge in [-0.3, -0.25) is 4.79 Å². The third-order valence-corrected chi connectivity index (χ3v) is 4.41. The Kier molecular flexibility index (Phi) is 4.93. The summed E-state index contributed by atoms with van der Waals surface area (Å²) in [5.74, 6) is -1.27. The number of amides is 1. The molecule has 0 bridgehead atoms. The molecule has 1 saturated heterocycles. The molecule has 0 unspecified atom stereocenters. The fourth-order valence-electron chi connectivity index (χ4n) is 3.14. The van der Waals surface area contributed by atoms with E-state index in [1.807, 2.05) is 24.3 Å². The number of hydrogen-bond donors (Lipinski definition) is 1. The number of benzene rings is 1. The summed E-state index contributed by atoms with van der Waals surface area (Å²) in [5, 5.41) is 9.43. The average molecular weight is 319 g/mol. The third kappa shape index (κ3) is 3.71. The monoisotopic (exact) mass is 319 g/mol. The lowest BCUT2D eigenvalue weighted by molar-refractivity contribution is -0.154. The molecule has 6 nitrogen and oxygen atoms in total. The number of fused-ring (bicyclic) bond motifs is 1. The topological polar surface area (TPSA) is 76.1 Å². The number of rotatable bonds is 5. The highest BCUT2D eigenvalue weighted by molar-refractivity contribution is 5.85. The van der Waals surface area contributed by atoms with Gasteiger partial charge >= 0.3 is 5.97 Å². The lowest BCUT2D eigenvalue weighted by atomic mass is 9.94. The quantitative estimate of drug-likeness (QED) is 0.883. The Morgan fingerprint density at radius 2 is 2.09 bits per heavy atom. The van der Waals surface area contributed by atoms with Crippen molar-refractivity contribution in [2.75, 3.05) is 19.8 Å². The summed E-state index contributed by atoms with van der Waals surface area (Å²) >= 11 is 0. The number of carbonyl (C=O) groups is 2. The highest BCUT2D eigenvalue weighted by Gasteiger charge is 2.34. The predicted molar refractivity (Wildman–Crippen MR) is 81.9 cm³/mol. The molecule has 2 atom stereocenters. The molecule has 0 radical (unpaired) electrons. The van der Waals surface area contributed by atoms with Crippen LogP contribution in [0.1, 0.15) is 24.0 Å². The van der Waals surface area contributed by atoms with E-state index >= 15 is 0 Å². The molecular weight excluding hydrogens is 298 g/mol. The van der Waals surface area contributed by atoms with E-state index in [-0.39, 0.29) is 18.6 Å². The molecule has 0 aromatic heterocycles. The van der Waals surface area contributed by atoms with E-state index in [4.69, 9.17) is 9.47 Å². The molecule has 1 amide bonds. The molecular formula is C17H21NO5. The minimum atomic E-state index is -0.980. The fourth-order valence-corrected chi connectivity index (χ4v) is 3.14. The molecule has 0 saturated carbocycles. The van der Waals surface area contributed by atoms with Gasteiger partial charge in [0.25, 0.3) is 0 Å². The molecule has 0 aliphatic carbocycles. The van der Waals surface area contributed by atoms with Gasteiger partial charge in [0.15, 0.2) is 0 Å². The molecule has 2 aliphatic heterocycles. The van der Waals surface area contributed by atoms with Crippen LogP contribution in [0.3, 0.4) is 0 Å². The van der Waals surface area contributed by atoms with Gasteiger partial charge in [0, 0.05) is 19.6 Å². The van der Waals surface area contributed by atoms with Crippen molar-refractivity contribution in [2.45, 2.75) is 38.0 Å². The number of aliphatic carboxylic acids is 1. The maximum absolute atomic E-state index is 12.4. The summed E-state index contributed by atoms with van der Waals surface area (Å²) in [6.07, 6.45) is 2.36. The van der Waals surface area contributed by atoms with Gasteiger partial charge in [-0.05, 0) is 24.0 Å². The van der Waals surface area contributed by atoms with Crippen molar-refractivity contribution in [3.63, 3.8) is 0 Å². The summed E-state index contributed by atoms with van der Waals surface area (Å²) in [6, 6.07) is 6.81. The molecule has 1 N–H and O–H groups in total. The van der Waals surface area contributed by atoms with Crippen LogP contribution in [-0.2, 0) is 32.0 Å².